The van der Waals surface area contributed by atoms with E-state index in [1.807, 2.05) is 13.0 Å². The summed E-state index contributed by atoms with van der Waals surface area (Å²) in [6.07, 6.45) is 0. The Morgan fingerprint density at radius 1 is 1.24 bits per heavy atom. The summed E-state index contributed by atoms with van der Waals surface area (Å²) < 4.78 is 6.97. The molecule has 5 nitrogen and oxygen atoms in total. The van der Waals surface area contributed by atoms with E-state index >= 15 is 0 Å². The minimum absolute atomic E-state index is 0.119. The molecule has 3 rings (SSSR count). The van der Waals surface area contributed by atoms with Crippen LogP contribution in [0.5, 0.6) is 0 Å². The first-order valence-corrected chi connectivity index (χ1v) is 8.30. The van der Waals surface area contributed by atoms with Crippen molar-refractivity contribution in [1.29, 1.82) is 0 Å². The number of benzene rings is 2. The predicted octanol–water partition coefficient (Wildman–Crippen LogP) is 3.74. The fraction of sp³-hybridized carbons (Fsp3) is 0.211. The average Bonchev–Trinajstić information content (AvgIpc) is 2.60. The molecule has 0 atom stereocenters. The molecule has 0 unspecified atom stereocenters. The first kappa shape index (κ1) is 17.2. The summed E-state index contributed by atoms with van der Waals surface area (Å²) in [5, 5.41) is 0.594. The van der Waals surface area contributed by atoms with Crippen molar-refractivity contribution in [2.45, 2.75) is 27.0 Å². The van der Waals surface area contributed by atoms with Crippen LogP contribution in [0.4, 0.5) is 0 Å². The van der Waals surface area contributed by atoms with E-state index in [0.29, 0.717) is 33.9 Å². The van der Waals surface area contributed by atoms with Gasteiger partial charge in [0.25, 0.3) is 5.56 Å². The molecule has 0 saturated carbocycles. The van der Waals surface area contributed by atoms with Crippen molar-refractivity contribution in [3.8, 4) is 0 Å². The van der Waals surface area contributed by atoms with Gasteiger partial charge in [0.1, 0.15) is 12.3 Å². The lowest BCUT2D eigenvalue weighted by Gasteiger charge is -2.10. The Bertz CT molecular complexity index is 1010. The summed E-state index contributed by atoms with van der Waals surface area (Å²) in [5.41, 5.74) is 2.78. The fourth-order valence-corrected chi connectivity index (χ4v) is 2.89. The van der Waals surface area contributed by atoms with Crippen molar-refractivity contribution in [3.05, 3.63) is 74.7 Å². The molecule has 25 heavy (non-hydrogen) atoms. The second kappa shape index (κ2) is 7.07. The summed E-state index contributed by atoms with van der Waals surface area (Å²) in [7, 11) is 0. The molecule has 0 bridgehead atoms. The van der Waals surface area contributed by atoms with Crippen LogP contribution < -0.4 is 5.56 Å². The van der Waals surface area contributed by atoms with E-state index < -0.39 is 5.97 Å². The number of aromatic nitrogens is 2. The van der Waals surface area contributed by atoms with Gasteiger partial charge in [0.15, 0.2) is 0 Å². The number of nitrogens with zero attached hydrogens (tertiary/aromatic N) is 2. The Morgan fingerprint density at radius 3 is 2.76 bits per heavy atom. The standard InChI is InChI=1S/C19H17ClN2O3/c1-3-22-17-8-7-14(10-16(17)21-12(2)18(22)23)19(24)25-11-13-5-4-6-15(20)9-13/h4-10H,3,11H2,1-2H3. The highest BCUT2D eigenvalue weighted by molar-refractivity contribution is 6.30. The van der Waals surface area contributed by atoms with Gasteiger partial charge >= 0.3 is 5.97 Å². The van der Waals surface area contributed by atoms with Crippen LogP contribution in [-0.4, -0.2) is 15.5 Å². The van der Waals surface area contributed by atoms with Gasteiger partial charge in [-0.05, 0) is 49.7 Å². The van der Waals surface area contributed by atoms with Gasteiger partial charge in [-0.15, -0.1) is 0 Å². The smallest absolute Gasteiger partial charge is 0.338 e. The van der Waals surface area contributed by atoms with Crippen LogP contribution in [-0.2, 0) is 17.9 Å². The number of esters is 1. The number of halogens is 1. The molecule has 0 spiro atoms. The Labute approximate surface area is 149 Å². The zero-order chi connectivity index (χ0) is 18.0. The number of rotatable bonds is 4. The monoisotopic (exact) mass is 356 g/mol. The first-order valence-electron chi connectivity index (χ1n) is 7.92. The highest BCUT2D eigenvalue weighted by Crippen LogP contribution is 2.16. The SMILES string of the molecule is CCn1c(=O)c(C)nc2cc(C(=O)OCc3cccc(Cl)c3)ccc21. The highest BCUT2D eigenvalue weighted by Gasteiger charge is 2.12. The molecule has 1 aromatic heterocycles. The zero-order valence-electron chi connectivity index (χ0n) is 14.0. The van der Waals surface area contributed by atoms with Crippen LogP contribution >= 0.6 is 11.6 Å². The third-order valence-electron chi connectivity index (χ3n) is 3.92. The van der Waals surface area contributed by atoms with Gasteiger partial charge in [0, 0.05) is 11.6 Å². The van der Waals surface area contributed by atoms with E-state index in [9.17, 15) is 9.59 Å². The third kappa shape index (κ3) is 3.56. The quantitative estimate of drug-likeness (QED) is 0.668. The van der Waals surface area contributed by atoms with E-state index in [1.54, 1.807) is 47.9 Å². The van der Waals surface area contributed by atoms with Gasteiger partial charge in [0.2, 0.25) is 0 Å². The number of carbonyl (C=O) groups excluding carboxylic acids is 1. The van der Waals surface area contributed by atoms with E-state index in [1.165, 1.54) is 0 Å². The molecule has 0 aliphatic rings. The van der Waals surface area contributed by atoms with Crippen LogP contribution in [0, 0.1) is 6.92 Å². The lowest BCUT2D eigenvalue weighted by atomic mass is 10.2. The normalized spacial score (nSPS) is 10.8. The largest absolute Gasteiger partial charge is 0.457 e. The van der Waals surface area contributed by atoms with Crippen LogP contribution in [0.2, 0.25) is 5.02 Å². The summed E-state index contributed by atoms with van der Waals surface area (Å²) in [6, 6.07) is 12.2. The van der Waals surface area contributed by atoms with Crippen molar-refractivity contribution in [3.63, 3.8) is 0 Å². The van der Waals surface area contributed by atoms with Crippen LogP contribution in [0.15, 0.2) is 47.3 Å². The van der Waals surface area contributed by atoms with E-state index in [4.69, 9.17) is 16.3 Å². The van der Waals surface area contributed by atoms with Crippen molar-refractivity contribution in [2.24, 2.45) is 0 Å². The van der Waals surface area contributed by atoms with Gasteiger partial charge in [0.05, 0.1) is 16.6 Å². The number of aryl methyl sites for hydroxylation is 2. The van der Waals surface area contributed by atoms with Crippen molar-refractivity contribution in [2.75, 3.05) is 0 Å². The van der Waals surface area contributed by atoms with Crippen LogP contribution in [0.1, 0.15) is 28.5 Å². The summed E-state index contributed by atoms with van der Waals surface area (Å²) >= 11 is 5.92. The minimum atomic E-state index is -0.449. The minimum Gasteiger partial charge on any atom is -0.457 e. The van der Waals surface area contributed by atoms with E-state index in [0.717, 1.165) is 5.56 Å². The van der Waals surface area contributed by atoms with Gasteiger partial charge in [-0.2, -0.15) is 0 Å². The molecule has 0 N–H and O–H groups in total. The lowest BCUT2D eigenvalue weighted by molar-refractivity contribution is 0.0473. The molecular formula is C19H17ClN2O3. The zero-order valence-corrected chi connectivity index (χ0v) is 14.7. The predicted molar refractivity (Wildman–Crippen MR) is 97.0 cm³/mol. The van der Waals surface area contributed by atoms with E-state index in [2.05, 4.69) is 4.98 Å². The molecule has 0 saturated heterocycles. The van der Waals surface area contributed by atoms with Crippen molar-refractivity contribution in [1.82, 2.24) is 9.55 Å². The molecule has 128 valence electrons. The number of carbonyl (C=O) groups is 1. The third-order valence-corrected chi connectivity index (χ3v) is 4.16. The number of ether oxygens (including phenoxy) is 1. The number of hydrogen-bond acceptors (Lipinski definition) is 4. The lowest BCUT2D eigenvalue weighted by Crippen LogP contribution is -2.23. The van der Waals surface area contributed by atoms with Crippen molar-refractivity contribution >= 4 is 28.6 Å². The second-order valence-electron chi connectivity index (χ2n) is 5.66. The molecule has 0 aliphatic carbocycles. The Morgan fingerprint density at radius 2 is 2.04 bits per heavy atom. The van der Waals surface area contributed by atoms with Gasteiger partial charge < -0.3 is 9.30 Å². The van der Waals surface area contributed by atoms with Crippen molar-refractivity contribution < 1.29 is 9.53 Å². The highest BCUT2D eigenvalue weighted by atomic mass is 35.5. The second-order valence-corrected chi connectivity index (χ2v) is 6.09. The molecule has 1 heterocycles. The summed E-state index contributed by atoms with van der Waals surface area (Å²) in [5.74, 6) is -0.449. The first-order chi connectivity index (χ1) is 12.0. The topological polar surface area (TPSA) is 61.2 Å². The number of fused-ring (bicyclic) bond motifs is 1. The van der Waals surface area contributed by atoms with Gasteiger partial charge in [-0.3, -0.25) is 4.79 Å². The van der Waals surface area contributed by atoms with Gasteiger partial charge in [-0.1, -0.05) is 23.7 Å². The Balaban J connectivity index is 1.87. The molecule has 0 aliphatic heterocycles. The molecule has 0 fully saturated rings. The van der Waals surface area contributed by atoms with Gasteiger partial charge in [-0.25, -0.2) is 9.78 Å². The molecular weight excluding hydrogens is 340 g/mol. The van der Waals surface area contributed by atoms with Crippen LogP contribution in [0.3, 0.4) is 0 Å². The molecule has 0 radical (unpaired) electrons. The molecule has 0 amide bonds. The van der Waals surface area contributed by atoms with Crippen LogP contribution in [0.25, 0.3) is 11.0 Å². The fourth-order valence-electron chi connectivity index (χ4n) is 2.67. The maximum Gasteiger partial charge on any atom is 0.338 e. The summed E-state index contributed by atoms with van der Waals surface area (Å²) in [4.78, 5) is 28.7. The Kier molecular flexibility index (Phi) is 4.86. The average molecular weight is 357 g/mol. The number of hydrogen-bond donors (Lipinski definition) is 0. The van der Waals surface area contributed by atoms with E-state index in [-0.39, 0.29) is 12.2 Å². The maximum atomic E-state index is 12.3. The molecule has 2 aromatic carbocycles. The molecule has 6 heteroatoms. The Hall–Kier alpha value is -2.66. The maximum absolute atomic E-state index is 12.3. The summed E-state index contributed by atoms with van der Waals surface area (Å²) in [6.45, 7) is 4.24. The molecule has 3 aromatic rings.